The molecule has 4 N–H and O–H groups in total. The normalized spacial score (nSPS) is 9.40. The molecule has 0 aliphatic rings. The summed E-state index contributed by atoms with van der Waals surface area (Å²) in [6, 6.07) is 17.0. The van der Waals surface area contributed by atoms with E-state index in [1.54, 1.807) is 0 Å². The summed E-state index contributed by atoms with van der Waals surface area (Å²) in [7, 11) is 0. The van der Waals surface area contributed by atoms with Crippen LogP contribution in [-0.2, 0) is 4.79 Å². The molecule has 5 nitrogen and oxygen atoms in total. The van der Waals surface area contributed by atoms with Crippen molar-refractivity contribution >= 4 is 40.8 Å². The van der Waals surface area contributed by atoms with E-state index in [1.807, 2.05) is 54.6 Å². The molecule has 20 heavy (non-hydrogen) atoms. The van der Waals surface area contributed by atoms with Crippen LogP contribution >= 0.6 is 12.2 Å². The van der Waals surface area contributed by atoms with Crippen molar-refractivity contribution in [3.63, 3.8) is 0 Å². The highest BCUT2D eigenvalue weighted by Crippen LogP contribution is 2.20. The fourth-order valence-corrected chi connectivity index (χ4v) is 1.84. The zero-order valence-corrected chi connectivity index (χ0v) is 11.4. The Morgan fingerprint density at radius 1 is 0.900 bits per heavy atom. The predicted octanol–water partition coefficient (Wildman–Crippen LogP) is 2.57. The van der Waals surface area contributed by atoms with Crippen LogP contribution in [0.1, 0.15) is 0 Å². The maximum atomic E-state index is 10.3. The lowest BCUT2D eigenvalue weighted by Gasteiger charge is -2.14. The van der Waals surface area contributed by atoms with Crippen molar-refractivity contribution in [2.45, 2.75) is 0 Å². The SMILES string of the molecule is O=CNNc1ccccc1NC(=S)Nc1ccccc1. The molecule has 6 heteroatoms. The highest BCUT2D eigenvalue weighted by Gasteiger charge is 2.03. The average Bonchev–Trinajstić information content (AvgIpc) is 2.47. The summed E-state index contributed by atoms with van der Waals surface area (Å²) < 4.78 is 0. The van der Waals surface area contributed by atoms with Gasteiger partial charge < -0.3 is 10.6 Å². The van der Waals surface area contributed by atoms with E-state index < -0.39 is 0 Å². The molecule has 0 spiro atoms. The smallest absolute Gasteiger partial charge is 0.225 e. The lowest BCUT2D eigenvalue weighted by molar-refractivity contribution is -0.109. The van der Waals surface area contributed by atoms with Gasteiger partial charge in [-0.15, -0.1) is 0 Å². The van der Waals surface area contributed by atoms with Crippen LogP contribution in [0.25, 0.3) is 0 Å². The van der Waals surface area contributed by atoms with E-state index in [0.717, 1.165) is 17.1 Å². The van der Waals surface area contributed by atoms with Crippen molar-refractivity contribution in [2.75, 3.05) is 16.1 Å². The fourth-order valence-electron chi connectivity index (χ4n) is 1.61. The number of amides is 1. The molecule has 2 aromatic rings. The van der Waals surface area contributed by atoms with Gasteiger partial charge in [-0.25, -0.2) is 0 Å². The van der Waals surface area contributed by atoms with Crippen molar-refractivity contribution < 1.29 is 4.79 Å². The van der Waals surface area contributed by atoms with Crippen molar-refractivity contribution in [1.82, 2.24) is 5.43 Å². The summed E-state index contributed by atoms with van der Waals surface area (Å²) >= 11 is 5.25. The van der Waals surface area contributed by atoms with Gasteiger partial charge in [0.1, 0.15) is 0 Å². The molecule has 0 unspecified atom stereocenters. The quantitative estimate of drug-likeness (QED) is 0.386. The van der Waals surface area contributed by atoms with Crippen molar-refractivity contribution in [1.29, 1.82) is 0 Å². The highest BCUT2D eigenvalue weighted by molar-refractivity contribution is 7.80. The third-order valence-electron chi connectivity index (χ3n) is 2.47. The van der Waals surface area contributed by atoms with Crippen molar-refractivity contribution in [3.05, 3.63) is 54.6 Å². The summed E-state index contributed by atoms with van der Waals surface area (Å²) in [6.07, 6.45) is 0.567. The van der Waals surface area contributed by atoms with Crippen molar-refractivity contribution in [2.24, 2.45) is 0 Å². The Morgan fingerprint density at radius 2 is 1.55 bits per heavy atom. The van der Waals surface area contributed by atoms with Crippen LogP contribution in [0, 0.1) is 0 Å². The van der Waals surface area contributed by atoms with Crippen LogP contribution < -0.4 is 21.5 Å². The maximum Gasteiger partial charge on any atom is 0.225 e. The number of para-hydroxylation sites is 3. The molecule has 0 bridgehead atoms. The first-order chi connectivity index (χ1) is 9.79. The molecule has 1 amide bonds. The van der Waals surface area contributed by atoms with Crippen LogP contribution in [-0.4, -0.2) is 11.5 Å². The van der Waals surface area contributed by atoms with Crippen LogP contribution in [0.15, 0.2) is 54.6 Å². The predicted molar refractivity (Wildman–Crippen MR) is 85.5 cm³/mol. The molecule has 0 aliphatic carbocycles. The molecule has 0 fully saturated rings. The molecule has 0 atom stereocenters. The van der Waals surface area contributed by atoms with Gasteiger partial charge in [0.05, 0.1) is 11.4 Å². The van der Waals surface area contributed by atoms with Gasteiger partial charge in [0.2, 0.25) is 6.41 Å². The molecule has 0 radical (unpaired) electrons. The van der Waals surface area contributed by atoms with Gasteiger partial charge in [0, 0.05) is 5.69 Å². The summed E-state index contributed by atoms with van der Waals surface area (Å²) in [4.78, 5) is 10.3. The number of anilines is 3. The Morgan fingerprint density at radius 3 is 2.25 bits per heavy atom. The van der Waals surface area contributed by atoms with E-state index in [9.17, 15) is 4.79 Å². The first-order valence-corrected chi connectivity index (χ1v) is 6.37. The summed E-state index contributed by atoms with van der Waals surface area (Å²) in [5, 5.41) is 6.62. The molecule has 2 rings (SSSR count). The van der Waals surface area contributed by atoms with E-state index in [-0.39, 0.29) is 0 Å². The second-order valence-corrected chi connectivity index (χ2v) is 4.29. The molecule has 102 valence electrons. The topological polar surface area (TPSA) is 65.2 Å². The number of rotatable bonds is 5. The van der Waals surface area contributed by atoms with Crippen LogP contribution in [0.4, 0.5) is 17.1 Å². The van der Waals surface area contributed by atoms with Gasteiger partial charge in [-0.1, -0.05) is 30.3 Å². The molecular formula is C14H14N4OS. The number of thiocarbonyl (C=S) groups is 1. The number of carbonyl (C=O) groups excluding carboxylic acids is 1. The minimum absolute atomic E-state index is 0.469. The lowest BCUT2D eigenvalue weighted by Crippen LogP contribution is -2.23. The van der Waals surface area contributed by atoms with Gasteiger partial charge in [-0.3, -0.25) is 15.6 Å². The van der Waals surface area contributed by atoms with E-state index in [1.165, 1.54) is 0 Å². The van der Waals surface area contributed by atoms with E-state index in [4.69, 9.17) is 12.2 Å². The van der Waals surface area contributed by atoms with Gasteiger partial charge in [0.25, 0.3) is 0 Å². The summed E-state index contributed by atoms with van der Waals surface area (Å²) in [5.74, 6) is 0. The number of benzene rings is 2. The molecule has 0 aliphatic heterocycles. The Labute approximate surface area is 122 Å². The molecule has 2 aromatic carbocycles. The first kappa shape index (κ1) is 13.8. The zero-order chi connectivity index (χ0) is 14.2. The Hall–Kier alpha value is -2.60. The highest BCUT2D eigenvalue weighted by atomic mass is 32.1. The Bertz CT molecular complexity index is 589. The minimum Gasteiger partial charge on any atom is -0.332 e. The van der Waals surface area contributed by atoms with Gasteiger partial charge in [-0.2, -0.15) is 0 Å². The van der Waals surface area contributed by atoms with E-state index >= 15 is 0 Å². The van der Waals surface area contributed by atoms with E-state index in [2.05, 4.69) is 21.5 Å². The van der Waals surface area contributed by atoms with Crippen LogP contribution in [0.3, 0.4) is 0 Å². The number of hydrogen-bond acceptors (Lipinski definition) is 3. The molecule has 0 saturated carbocycles. The summed E-state index contributed by atoms with van der Waals surface area (Å²) in [5.41, 5.74) is 7.54. The monoisotopic (exact) mass is 286 g/mol. The largest absolute Gasteiger partial charge is 0.332 e. The second-order valence-electron chi connectivity index (χ2n) is 3.88. The van der Waals surface area contributed by atoms with Crippen LogP contribution in [0.5, 0.6) is 0 Å². The first-order valence-electron chi connectivity index (χ1n) is 5.97. The van der Waals surface area contributed by atoms with E-state index in [0.29, 0.717) is 11.5 Å². The van der Waals surface area contributed by atoms with Gasteiger partial charge >= 0.3 is 0 Å². The van der Waals surface area contributed by atoms with Gasteiger partial charge in [-0.05, 0) is 36.5 Å². The molecule has 0 aromatic heterocycles. The second kappa shape index (κ2) is 7.10. The maximum absolute atomic E-state index is 10.3. The third kappa shape index (κ3) is 3.96. The molecular weight excluding hydrogens is 272 g/mol. The molecule has 0 saturated heterocycles. The Kier molecular flexibility index (Phi) is 4.91. The number of hydrogen-bond donors (Lipinski definition) is 4. The van der Waals surface area contributed by atoms with Gasteiger partial charge in [0.15, 0.2) is 5.11 Å². The average molecular weight is 286 g/mol. The van der Waals surface area contributed by atoms with Crippen molar-refractivity contribution in [3.8, 4) is 0 Å². The minimum atomic E-state index is 0.469. The summed E-state index contributed by atoms with van der Waals surface area (Å²) in [6.45, 7) is 0. The Balaban J connectivity index is 2.02. The van der Waals surface area contributed by atoms with Crippen LogP contribution in [0.2, 0.25) is 0 Å². The zero-order valence-electron chi connectivity index (χ0n) is 10.6. The lowest BCUT2D eigenvalue weighted by atomic mass is 10.2. The molecule has 0 heterocycles. The third-order valence-corrected chi connectivity index (χ3v) is 2.68. The number of hydrazine groups is 1. The number of nitrogens with one attached hydrogen (secondary N) is 4. The standard InChI is InChI=1S/C14H14N4OS/c19-10-15-18-13-9-5-4-8-12(13)17-14(20)16-11-6-2-1-3-7-11/h1-10,18H,(H,15,19)(H2,16,17,20). The number of carbonyl (C=O) groups is 1. The fraction of sp³-hybridized carbons (Fsp3) is 0.